The fourth-order valence-electron chi connectivity index (χ4n) is 1.74. The molecule has 0 spiro atoms. The first-order chi connectivity index (χ1) is 7.64. The monoisotopic (exact) mass is 256 g/mol. The van der Waals surface area contributed by atoms with Crippen LogP contribution in [0.3, 0.4) is 0 Å². The van der Waals surface area contributed by atoms with Crippen LogP contribution in [0.2, 0.25) is 5.02 Å². The summed E-state index contributed by atoms with van der Waals surface area (Å²) in [6.07, 6.45) is 0.748. The van der Waals surface area contributed by atoms with Crippen molar-refractivity contribution in [2.24, 2.45) is 5.73 Å². The number of carbonyl (C=O) groups excluding carboxylic acids is 1. The first kappa shape index (κ1) is 11.6. The van der Waals surface area contributed by atoms with Gasteiger partial charge in [0, 0.05) is 5.75 Å². The Balaban J connectivity index is 2.25. The third kappa shape index (κ3) is 2.13. The Bertz CT molecular complexity index is 405. The van der Waals surface area contributed by atoms with E-state index in [4.69, 9.17) is 17.3 Å². The summed E-state index contributed by atoms with van der Waals surface area (Å²) >= 11 is 7.78. The van der Waals surface area contributed by atoms with Crippen LogP contribution in [0.1, 0.15) is 6.42 Å². The molecule has 1 aliphatic heterocycles. The van der Waals surface area contributed by atoms with Gasteiger partial charge in [0.15, 0.2) is 0 Å². The molecule has 5 heteroatoms. The van der Waals surface area contributed by atoms with E-state index in [-0.39, 0.29) is 5.91 Å². The number of rotatable bonds is 3. The summed E-state index contributed by atoms with van der Waals surface area (Å²) in [5.74, 6) is 1.34. The third-order valence-electron chi connectivity index (χ3n) is 2.74. The Morgan fingerprint density at radius 3 is 2.81 bits per heavy atom. The number of amides is 1. The topological polar surface area (TPSA) is 55.1 Å². The molecule has 1 unspecified atom stereocenters. The molecule has 1 saturated heterocycles. The number of anilines is 1. The van der Waals surface area contributed by atoms with Gasteiger partial charge < -0.3 is 11.1 Å². The second-order valence-electron chi connectivity index (χ2n) is 3.85. The maximum absolute atomic E-state index is 11.5. The minimum absolute atomic E-state index is 0.308. The fraction of sp³-hybridized carbons (Fsp3) is 0.364. The molecule has 1 aromatic rings. The largest absolute Gasteiger partial charge is 0.369 e. The second-order valence-corrected chi connectivity index (χ2v) is 5.37. The van der Waals surface area contributed by atoms with Gasteiger partial charge in [-0.05, 0) is 24.3 Å². The molecule has 1 fully saturated rings. The van der Waals surface area contributed by atoms with Crippen LogP contribution in [-0.4, -0.2) is 23.0 Å². The molecule has 2 rings (SSSR count). The Labute approximate surface area is 104 Å². The molecule has 1 amide bonds. The number of nitrogens with two attached hydrogens (primary N) is 1. The molecule has 1 aliphatic rings. The van der Waals surface area contributed by atoms with Gasteiger partial charge >= 0.3 is 0 Å². The Hall–Kier alpha value is -0.870. The summed E-state index contributed by atoms with van der Waals surface area (Å²) in [7, 11) is 0. The van der Waals surface area contributed by atoms with E-state index in [1.807, 2.05) is 18.2 Å². The van der Waals surface area contributed by atoms with Crippen molar-refractivity contribution < 1.29 is 4.79 Å². The lowest BCUT2D eigenvalue weighted by Crippen LogP contribution is -2.50. The molecular weight excluding hydrogens is 244 g/mol. The van der Waals surface area contributed by atoms with Crippen molar-refractivity contribution >= 4 is 35.0 Å². The highest BCUT2D eigenvalue weighted by molar-refractivity contribution is 7.99. The number of primary amides is 1. The van der Waals surface area contributed by atoms with Gasteiger partial charge in [-0.1, -0.05) is 23.7 Å². The van der Waals surface area contributed by atoms with Crippen LogP contribution in [0.15, 0.2) is 24.3 Å². The lowest BCUT2D eigenvalue weighted by Gasteiger charge is -2.27. The van der Waals surface area contributed by atoms with Crippen LogP contribution in [0.4, 0.5) is 5.69 Å². The average Bonchev–Trinajstić information content (AvgIpc) is 2.71. The van der Waals surface area contributed by atoms with Crippen LogP contribution in [0, 0.1) is 0 Å². The van der Waals surface area contributed by atoms with E-state index in [2.05, 4.69) is 5.32 Å². The van der Waals surface area contributed by atoms with Gasteiger partial charge in [-0.3, -0.25) is 4.79 Å². The molecule has 0 bridgehead atoms. The number of nitrogens with one attached hydrogen (secondary N) is 1. The van der Waals surface area contributed by atoms with Gasteiger partial charge in [-0.2, -0.15) is 11.8 Å². The van der Waals surface area contributed by atoms with E-state index in [9.17, 15) is 4.79 Å². The summed E-state index contributed by atoms with van der Waals surface area (Å²) in [6.45, 7) is 0. The zero-order valence-corrected chi connectivity index (χ0v) is 10.3. The van der Waals surface area contributed by atoms with Gasteiger partial charge in [-0.25, -0.2) is 0 Å². The van der Waals surface area contributed by atoms with Gasteiger partial charge in [0.05, 0.1) is 10.7 Å². The number of halogens is 1. The van der Waals surface area contributed by atoms with E-state index in [0.29, 0.717) is 10.8 Å². The van der Waals surface area contributed by atoms with Crippen LogP contribution >= 0.6 is 23.4 Å². The summed E-state index contributed by atoms with van der Waals surface area (Å²) < 4.78 is 0. The van der Waals surface area contributed by atoms with Crippen molar-refractivity contribution in [1.29, 1.82) is 0 Å². The third-order valence-corrected chi connectivity index (χ3v) is 4.26. The Morgan fingerprint density at radius 1 is 1.50 bits per heavy atom. The number of para-hydroxylation sites is 1. The zero-order valence-electron chi connectivity index (χ0n) is 8.70. The molecule has 0 aliphatic carbocycles. The second kappa shape index (κ2) is 4.55. The molecule has 1 heterocycles. The zero-order chi connectivity index (χ0) is 11.6. The van der Waals surface area contributed by atoms with Crippen molar-refractivity contribution in [3.8, 4) is 0 Å². The molecule has 0 aromatic heterocycles. The molecule has 1 atom stereocenters. The van der Waals surface area contributed by atoms with Gasteiger partial charge in [0.2, 0.25) is 5.91 Å². The number of carbonyl (C=O) groups is 1. The number of thioether (sulfide) groups is 1. The molecule has 16 heavy (non-hydrogen) atoms. The summed E-state index contributed by atoms with van der Waals surface area (Å²) in [4.78, 5) is 11.5. The highest BCUT2D eigenvalue weighted by Gasteiger charge is 2.40. The van der Waals surface area contributed by atoms with E-state index < -0.39 is 5.54 Å². The van der Waals surface area contributed by atoms with E-state index in [1.54, 1.807) is 17.8 Å². The Kier molecular flexibility index (Phi) is 3.30. The minimum Gasteiger partial charge on any atom is -0.369 e. The van der Waals surface area contributed by atoms with E-state index in [0.717, 1.165) is 17.9 Å². The first-order valence-corrected chi connectivity index (χ1v) is 6.58. The van der Waals surface area contributed by atoms with Gasteiger partial charge in [0.1, 0.15) is 5.54 Å². The quantitative estimate of drug-likeness (QED) is 0.871. The smallest absolute Gasteiger partial charge is 0.243 e. The minimum atomic E-state index is -0.643. The lowest BCUT2D eigenvalue weighted by atomic mass is 9.97. The normalized spacial score (nSPS) is 24.3. The van der Waals surface area contributed by atoms with Crippen molar-refractivity contribution in [2.75, 3.05) is 16.8 Å². The van der Waals surface area contributed by atoms with Crippen LogP contribution in [-0.2, 0) is 4.79 Å². The number of hydrogen-bond donors (Lipinski definition) is 2. The van der Waals surface area contributed by atoms with Crippen LogP contribution in [0.25, 0.3) is 0 Å². The van der Waals surface area contributed by atoms with Crippen molar-refractivity contribution in [2.45, 2.75) is 12.0 Å². The lowest BCUT2D eigenvalue weighted by molar-refractivity contribution is -0.121. The predicted molar refractivity (Wildman–Crippen MR) is 68.9 cm³/mol. The van der Waals surface area contributed by atoms with Crippen molar-refractivity contribution in [3.05, 3.63) is 29.3 Å². The van der Waals surface area contributed by atoms with Gasteiger partial charge in [0.25, 0.3) is 0 Å². The first-order valence-electron chi connectivity index (χ1n) is 5.04. The van der Waals surface area contributed by atoms with Gasteiger partial charge in [-0.15, -0.1) is 0 Å². The molecule has 1 aromatic carbocycles. The van der Waals surface area contributed by atoms with Crippen molar-refractivity contribution in [3.63, 3.8) is 0 Å². The highest BCUT2D eigenvalue weighted by atomic mass is 35.5. The summed E-state index contributed by atoms with van der Waals surface area (Å²) in [5, 5.41) is 3.81. The Morgan fingerprint density at radius 2 is 2.25 bits per heavy atom. The maximum Gasteiger partial charge on any atom is 0.243 e. The maximum atomic E-state index is 11.5. The molecule has 3 N–H and O–H groups in total. The molecule has 0 saturated carbocycles. The highest BCUT2D eigenvalue weighted by Crippen LogP contribution is 2.33. The fourth-order valence-corrected chi connectivity index (χ4v) is 3.27. The molecule has 0 radical (unpaired) electrons. The SMILES string of the molecule is NC(=O)C1(Nc2ccccc2Cl)CCSC1. The van der Waals surface area contributed by atoms with Crippen LogP contribution < -0.4 is 11.1 Å². The predicted octanol–water partition coefficient (Wildman–Crippen LogP) is 2.11. The number of hydrogen-bond acceptors (Lipinski definition) is 3. The van der Waals surface area contributed by atoms with E-state index >= 15 is 0 Å². The molecule has 3 nitrogen and oxygen atoms in total. The average molecular weight is 257 g/mol. The van der Waals surface area contributed by atoms with E-state index in [1.165, 1.54) is 0 Å². The summed E-state index contributed by atoms with van der Waals surface area (Å²) in [5.41, 5.74) is 5.60. The summed E-state index contributed by atoms with van der Waals surface area (Å²) in [6, 6.07) is 7.38. The molecule has 86 valence electrons. The van der Waals surface area contributed by atoms with Crippen molar-refractivity contribution in [1.82, 2.24) is 0 Å². The van der Waals surface area contributed by atoms with Crippen LogP contribution in [0.5, 0.6) is 0 Å². The molecular formula is C11H13ClN2OS. The number of benzene rings is 1. The standard InChI is InChI=1S/C11H13ClN2OS/c12-8-3-1-2-4-9(8)14-11(10(13)15)5-6-16-7-11/h1-4,14H,5-7H2,(H2,13,15).